The third-order valence-corrected chi connectivity index (χ3v) is 13.1. The predicted molar refractivity (Wildman–Crippen MR) is 147 cm³/mol. The quantitative estimate of drug-likeness (QED) is 0.228. The first-order chi connectivity index (χ1) is 19.3. The first-order valence-electron chi connectivity index (χ1n) is 13.6. The molecule has 2 amide bonds. The molecule has 2 atom stereocenters. The maximum absolute atomic E-state index is 13.8. The minimum atomic E-state index is -2.38. The third kappa shape index (κ3) is 3.85. The summed E-state index contributed by atoms with van der Waals surface area (Å²) < 4.78 is 25.6. The van der Waals surface area contributed by atoms with E-state index in [-0.39, 0.29) is 36.5 Å². The number of allylic oxidation sites excluding steroid dienone is 2. The number of carbonyl (C=O) groups is 3. The lowest BCUT2D eigenvalue weighted by molar-refractivity contribution is -0.168. The number of fused-ring (bicyclic) bond motifs is 1. The number of ether oxygens (including phenoxy) is 3. The zero-order chi connectivity index (χ0) is 28.1. The predicted octanol–water partition coefficient (Wildman–Crippen LogP) is 3.87. The van der Waals surface area contributed by atoms with Crippen molar-refractivity contribution in [2.75, 3.05) is 13.2 Å². The molecule has 5 aliphatic rings. The molecular weight excluding hydrogens is 526 g/mol. The number of hydrogen-bond acceptors (Lipinski definition) is 7. The summed E-state index contributed by atoms with van der Waals surface area (Å²) in [5.74, 6) is 9.10. The van der Waals surface area contributed by atoms with Crippen molar-refractivity contribution in [1.29, 1.82) is 0 Å². The fourth-order valence-corrected chi connectivity index (χ4v) is 9.16. The molecular formula is C31H29NO7Si. The normalized spacial score (nSPS) is 26.9. The number of imide groups is 1. The number of benzene rings is 1. The molecule has 9 heteroatoms. The van der Waals surface area contributed by atoms with Crippen LogP contribution in [0.4, 0.5) is 0 Å². The van der Waals surface area contributed by atoms with Crippen LogP contribution in [-0.2, 0) is 23.4 Å². The molecule has 3 aliphatic heterocycles. The summed E-state index contributed by atoms with van der Waals surface area (Å²) in [5.41, 5.74) is 0.204. The van der Waals surface area contributed by atoms with E-state index in [0.29, 0.717) is 11.1 Å². The smallest absolute Gasteiger partial charge is 0.332 e. The van der Waals surface area contributed by atoms with E-state index in [9.17, 15) is 14.4 Å². The van der Waals surface area contributed by atoms with Gasteiger partial charge in [-0.2, -0.15) is 0 Å². The summed E-state index contributed by atoms with van der Waals surface area (Å²) in [7, 11) is -2.38. The zero-order valence-electron chi connectivity index (χ0n) is 22.7. The summed E-state index contributed by atoms with van der Waals surface area (Å²) in [6.45, 7) is 6.81. The lowest BCUT2D eigenvalue weighted by Gasteiger charge is -2.51. The zero-order valence-corrected chi connectivity index (χ0v) is 23.7. The van der Waals surface area contributed by atoms with Crippen molar-refractivity contribution in [1.82, 2.24) is 4.90 Å². The Hall–Kier alpha value is -3.73. The van der Waals surface area contributed by atoms with E-state index in [1.165, 1.54) is 6.08 Å². The van der Waals surface area contributed by atoms with Crippen molar-refractivity contribution in [3.8, 4) is 23.7 Å². The second kappa shape index (κ2) is 9.72. The van der Waals surface area contributed by atoms with E-state index in [0.717, 1.165) is 23.0 Å². The average molecular weight is 556 g/mol. The van der Waals surface area contributed by atoms with Crippen molar-refractivity contribution >= 4 is 26.1 Å². The molecule has 40 heavy (non-hydrogen) atoms. The second-order valence-corrected chi connectivity index (χ2v) is 15.0. The van der Waals surface area contributed by atoms with Gasteiger partial charge in [0.2, 0.25) is 5.79 Å². The van der Waals surface area contributed by atoms with Gasteiger partial charge in [0, 0.05) is 17.2 Å². The van der Waals surface area contributed by atoms with Gasteiger partial charge >= 0.3 is 5.97 Å². The summed E-state index contributed by atoms with van der Waals surface area (Å²) in [6, 6.07) is 9.16. The molecule has 2 aliphatic carbocycles. The van der Waals surface area contributed by atoms with E-state index in [1.54, 1.807) is 36.4 Å². The molecule has 1 saturated heterocycles. The van der Waals surface area contributed by atoms with Crippen molar-refractivity contribution < 1.29 is 33.0 Å². The molecule has 0 aromatic heterocycles. The Morgan fingerprint density at radius 1 is 0.975 bits per heavy atom. The van der Waals surface area contributed by atoms with E-state index in [2.05, 4.69) is 44.5 Å². The molecule has 6 rings (SSSR count). The molecule has 4 bridgehead atoms. The number of amides is 2. The van der Waals surface area contributed by atoms with Gasteiger partial charge in [-0.15, -0.1) is 0 Å². The summed E-state index contributed by atoms with van der Waals surface area (Å²) in [4.78, 5) is 41.8. The Bertz CT molecular complexity index is 1490. The first-order valence-corrected chi connectivity index (χ1v) is 16.2. The van der Waals surface area contributed by atoms with Gasteiger partial charge in [-0.05, 0) is 48.3 Å². The fraction of sp³-hybridized carbons (Fsp3) is 0.387. The monoisotopic (exact) mass is 555 g/mol. The van der Waals surface area contributed by atoms with Crippen molar-refractivity contribution in [2.45, 2.75) is 62.8 Å². The van der Waals surface area contributed by atoms with Gasteiger partial charge in [0.05, 0.1) is 36.5 Å². The maximum atomic E-state index is 13.8. The summed E-state index contributed by atoms with van der Waals surface area (Å²) in [6.07, 6.45) is 3.51. The molecule has 204 valence electrons. The highest BCUT2D eigenvalue weighted by molar-refractivity contribution is 6.73. The number of nitrogens with zero attached hydrogens (tertiary/aromatic N) is 1. The highest BCUT2D eigenvalue weighted by Gasteiger charge is 2.63. The fourth-order valence-electron chi connectivity index (χ4n) is 6.25. The molecule has 3 heterocycles. The maximum Gasteiger partial charge on any atom is 0.332 e. The van der Waals surface area contributed by atoms with Crippen LogP contribution in [0.2, 0.25) is 18.1 Å². The number of carbonyl (C=O) groups excluding carboxylic acids is 3. The molecule has 0 N–H and O–H groups in total. The minimum Gasteiger partial charge on any atom is -0.441 e. The van der Waals surface area contributed by atoms with Crippen LogP contribution < -0.4 is 0 Å². The molecule has 8 nitrogen and oxygen atoms in total. The van der Waals surface area contributed by atoms with Crippen LogP contribution in [0, 0.1) is 23.7 Å². The van der Waals surface area contributed by atoms with E-state index < -0.39 is 43.6 Å². The molecule has 0 saturated carbocycles. The highest BCUT2D eigenvalue weighted by Crippen LogP contribution is 2.54. The van der Waals surface area contributed by atoms with Gasteiger partial charge in [0.1, 0.15) is 0 Å². The van der Waals surface area contributed by atoms with E-state index in [1.807, 2.05) is 0 Å². The average Bonchev–Trinajstić information content (AvgIpc) is 3.52. The van der Waals surface area contributed by atoms with Crippen LogP contribution in [0.25, 0.3) is 0 Å². The SMILES string of the molecule is CC[Si](CC)(CC)OC12C#C/C=C\C#CC3OC(=O)C=C1C3=C(N1C(=O)c3ccccc3C1=O)C1(C2)OCCO1. The van der Waals surface area contributed by atoms with Crippen LogP contribution in [0.1, 0.15) is 47.9 Å². The van der Waals surface area contributed by atoms with Gasteiger partial charge in [-0.1, -0.05) is 50.7 Å². The van der Waals surface area contributed by atoms with Gasteiger partial charge in [0.25, 0.3) is 11.8 Å². The number of rotatable bonds is 6. The number of esters is 1. The Labute approximate surface area is 234 Å². The van der Waals surface area contributed by atoms with Gasteiger partial charge < -0.3 is 18.6 Å². The standard InChI is InChI=1S/C31H29NO7Si/c1-4-40(5-2,6-3)39-30-16-12-8-7-9-15-24-26(23(30)19-25(33)38-24)27(31(20-30)36-17-18-37-31)32-28(34)21-13-10-11-14-22(21)29(32)35/h7-8,10-11,13-14,19,24H,4-6,17-18,20H2,1-3H3/b8-7-. The van der Waals surface area contributed by atoms with Crippen molar-refractivity contribution in [3.05, 3.63) is 70.5 Å². The van der Waals surface area contributed by atoms with Crippen molar-refractivity contribution in [2.24, 2.45) is 0 Å². The second-order valence-electron chi connectivity index (χ2n) is 10.3. The molecule has 1 spiro atoms. The van der Waals surface area contributed by atoms with Crippen LogP contribution in [0.3, 0.4) is 0 Å². The molecule has 1 aromatic rings. The highest BCUT2D eigenvalue weighted by atomic mass is 28.4. The van der Waals surface area contributed by atoms with Crippen LogP contribution in [0.15, 0.2) is 59.3 Å². The summed E-state index contributed by atoms with van der Waals surface area (Å²) in [5, 5.41) is 0. The van der Waals surface area contributed by atoms with Gasteiger partial charge in [-0.25, -0.2) is 9.69 Å². The Balaban J connectivity index is 1.68. The molecule has 0 radical (unpaired) electrons. The van der Waals surface area contributed by atoms with Crippen molar-refractivity contribution in [3.63, 3.8) is 0 Å². The molecule has 1 aromatic carbocycles. The van der Waals surface area contributed by atoms with E-state index >= 15 is 0 Å². The largest absolute Gasteiger partial charge is 0.441 e. The first kappa shape index (κ1) is 26.5. The molecule has 2 unspecified atom stereocenters. The Morgan fingerprint density at radius 2 is 1.60 bits per heavy atom. The van der Waals surface area contributed by atoms with Gasteiger partial charge in [0.15, 0.2) is 20.0 Å². The van der Waals surface area contributed by atoms with Crippen LogP contribution >= 0.6 is 0 Å². The minimum absolute atomic E-state index is 0.0289. The topological polar surface area (TPSA) is 91.4 Å². The lowest BCUT2D eigenvalue weighted by atomic mass is 9.72. The summed E-state index contributed by atoms with van der Waals surface area (Å²) >= 11 is 0. The van der Waals surface area contributed by atoms with Gasteiger partial charge in [-0.3, -0.25) is 9.59 Å². The lowest BCUT2D eigenvalue weighted by Crippen LogP contribution is -2.60. The Kier molecular flexibility index (Phi) is 6.44. The van der Waals surface area contributed by atoms with Crippen LogP contribution in [-0.4, -0.2) is 61.7 Å². The third-order valence-electron chi connectivity index (χ3n) is 8.41. The Morgan fingerprint density at radius 3 is 2.23 bits per heavy atom. The molecule has 1 fully saturated rings. The van der Waals surface area contributed by atoms with E-state index in [4.69, 9.17) is 18.6 Å². The van der Waals surface area contributed by atoms with Crippen LogP contribution in [0.5, 0.6) is 0 Å². The number of hydrogen-bond donors (Lipinski definition) is 0.